The normalized spacial score (nSPS) is 9.86. The summed E-state index contributed by atoms with van der Waals surface area (Å²) >= 11 is 10.3. The van der Waals surface area contributed by atoms with Crippen molar-refractivity contribution in [2.24, 2.45) is 11.1 Å². The lowest BCUT2D eigenvalue weighted by atomic mass is 10.1. The zero-order valence-electron chi connectivity index (χ0n) is 22.0. The molecule has 0 spiro atoms. The van der Waals surface area contributed by atoms with E-state index in [0.717, 1.165) is 58.0 Å². The fourth-order valence-corrected chi connectivity index (χ4v) is 5.17. The first kappa shape index (κ1) is 35.4. The van der Waals surface area contributed by atoms with Gasteiger partial charge < -0.3 is 10.4 Å². The highest BCUT2D eigenvalue weighted by molar-refractivity contribution is 9.11. The number of carbonyl (C=O) groups is 1. The molecule has 0 aliphatic carbocycles. The Morgan fingerprint density at radius 1 is 0.698 bits per heavy atom. The molecular weight excluding hydrogens is 768 g/mol. The van der Waals surface area contributed by atoms with Crippen LogP contribution in [0.2, 0.25) is 0 Å². The summed E-state index contributed by atoms with van der Waals surface area (Å²) in [5.74, 6) is 3.50. The fraction of sp³-hybridized carbons (Fsp3) is 0. The van der Waals surface area contributed by atoms with Crippen molar-refractivity contribution in [3.63, 3.8) is 0 Å². The van der Waals surface area contributed by atoms with Gasteiger partial charge in [0.05, 0.1) is 28.3 Å². The molecule has 0 unspecified atom stereocenters. The van der Waals surface area contributed by atoms with Gasteiger partial charge in [0.15, 0.2) is 6.29 Å². The van der Waals surface area contributed by atoms with Crippen LogP contribution in [0.3, 0.4) is 0 Å². The molecule has 6 rings (SSSR count). The van der Waals surface area contributed by atoms with Gasteiger partial charge in [-0.3, -0.25) is 19.7 Å². The highest BCUT2D eigenvalue weighted by Gasteiger charge is 2.05. The largest absolute Gasteiger partial charge is 0.411 e. The monoisotopic (exact) mass is 786 g/mol. The number of nitriles is 1. The number of rotatable bonds is 2. The maximum atomic E-state index is 10.7. The molecule has 0 saturated heterocycles. The van der Waals surface area contributed by atoms with Crippen LogP contribution >= 0.6 is 60.2 Å². The number of hydrogen-bond donors (Lipinski definition) is 3. The van der Waals surface area contributed by atoms with Crippen molar-refractivity contribution in [1.29, 1.82) is 5.26 Å². The van der Waals surface area contributed by atoms with Gasteiger partial charge in [-0.15, -0.1) is 12.4 Å². The van der Waals surface area contributed by atoms with Gasteiger partial charge in [0.1, 0.15) is 6.07 Å². The third kappa shape index (κ3) is 8.84. The molecule has 13 heteroatoms. The van der Waals surface area contributed by atoms with Crippen LogP contribution in [0.5, 0.6) is 0 Å². The van der Waals surface area contributed by atoms with E-state index in [9.17, 15) is 4.79 Å². The second kappa shape index (κ2) is 18.0. The first-order chi connectivity index (χ1) is 20.5. The predicted molar refractivity (Wildman–Crippen MR) is 181 cm³/mol. The minimum atomic E-state index is 0. The van der Waals surface area contributed by atoms with Crippen LogP contribution in [0, 0.1) is 11.3 Å². The number of hydrogen-bond acceptors (Lipinski definition) is 9. The molecule has 3 aromatic carbocycles. The number of fused-ring (bicyclic) bond motifs is 3. The molecule has 0 atom stereocenters. The van der Waals surface area contributed by atoms with E-state index in [4.69, 9.17) is 15.7 Å². The number of benzene rings is 3. The van der Waals surface area contributed by atoms with Crippen molar-refractivity contribution < 1.29 is 15.2 Å². The SMILES string of the molecule is Cl.N#Cc1ccc(Br)c2cccnc12.NO.O/N=C/c1ccc(Br)c2cccnc12.O=Cc1ccc(Br)c2cccnc12. The summed E-state index contributed by atoms with van der Waals surface area (Å²) in [6.07, 6.45) is 7.28. The van der Waals surface area contributed by atoms with Gasteiger partial charge in [0.25, 0.3) is 0 Å². The Kier molecular flexibility index (Phi) is 14.8. The quantitative estimate of drug-likeness (QED) is 0.0685. The summed E-state index contributed by atoms with van der Waals surface area (Å²) in [5.41, 5.74) is 4.34. The van der Waals surface area contributed by atoms with Crippen molar-refractivity contribution in [2.75, 3.05) is 0 Å². The van der Waals surface area contributed by atoms with Gasteiger partial charge in [0, 0.05) is 59.3 Å². The van der Waals surface area contributed by atoms with Crippen LogP contribution in [0.25, 0.3) is 32.7 Å². The maximum absolute atomic E-state index is 10.7. The molecule has 0 bridgehead atoms. The van der Waals surface area contributed by atoms with Crippen LogP contribution in [-0.4, -0.2) is 37.9 Å². The summed E-state index contributed by atoms with van der Waals surface area (Å²) in [5, 5.41) is 29.7. The van der Waals surface area contributed by atoms with Crippen molar-refractivity contribution in [3.8, 4) is 6.07 Å². The van der Waals surface area contributed by atoms with Crippen LogP contribution in [0.15, 0.2) is 110 Å². The Morgan fingerprint density at radius 2 is 1.12 bits per heavy atom. The van der Waals surface area contributed by atoms with Gasteiger partial charge in [0.2, 0.25) is 0 Å². The van der Waals surface area contributed by atoms with E-state index < -0.39 is 0 Å². The molecule has 3 heterocycles. The molecule has 0 radical (unpaired) electrons. The molecule has 0 fully saturated rings. The third-order valence-corrected chi connectivity index (χ3v) is 7.73. The van der Waals surface area contributed by atoms with Gasteiger partial charge in [-0.1, -0.05) is 71.1 Å². The average Bonchev–Trinajstić information content (AvgIpc) is 3.05. The van der Waals surface area contributed by atoms with Gasteiger partial charge >= 0.3 is 0 Å². The maximum Gasteiger partial charge on any atom is 0.152 e. The van der Waals surface area contributed by atoms with Crippen LogP contribution in [0.4, 0.5) is 0 Å². The van der Waals surface area contributed by atoms with E-state index in [1.807, 2.05) is 60.7 Å². The Bertz CT molecular complexity index is 1920. The van der Waals surface area contributed by atoms with E-state index in [-0.39, 0.29) is 12.4 Å². The van der Waals surface area contributed by atoms with Gasteiger partial charge in [-0.25, -0.2) is 5.90 Å². The molecule has 4 N–H and O–H groups in total. The van der Waals surface area contributed by atoms with Gasteiger partial charge in [-0.2, -0.15) is 5.26 Å². The summed E-state index contributed by atoms with van der Waals surface area (Å²) < 4.78 is 2.91. The molecule has 9 nitrogen and oxygen atoms in total. The molecule has 0 amide bonds. The smallest absolute Gasteiger partial charge is 0.152 e. The van der Waals surface area contributed by atoms with Crippen molar-refractivity contribution >= 4 is 105 Å². The number of aromatic nitrogens is 3. The highest BCUT2D eigenvalue weighted by Crippen LogP contribution is 2.26. The lowest BCUT2D eigenvalue weighted by molar-refractivity contribution is 0.112. The first-order valence-corrected chi connectivity index (χ1v) is 14.2. The molecule has 0 aliphatic heterocycles. The minimum absolute atomic E-state index is 0. The summed E-state index contributed by atoms with van der Waals surface area (Å²) in [6, 6.07) is 24.5. The fourth-order valence-electron chi connectivity index (χ4n) is 3.81. The van der Waals surface area contributed by atoms with E-state index in [2.05, 4.69) is 79.9 Å². The number of pyridine rings is 3. The molecule has 0 aliphatic rings. The molecular formula is C30H22Br3ClN6O3. The number of halogens is 4. The summed E-state index contributed by atoms with van der Waals surface area (Å²) in [6.45, 7) is 0. The van der Waals surface area contributed by atoms with E-state index >= 15 is 0 Å². The number of oxime groups is 1. The van der Waals surface area contributed by atoms with E-state index in [0.29, 0.717) is 11.1 Å². The Labute approximate surface area is 277 Å². The molecule has 6 aromatic rings. The highest BCUT2D eigenvalue weighted by atomic mass is 79.9. The topological polar surface area (TPSA) is 158 Å². The summed E-state index contributed by atoms with van der Waals surface area (Å²) in [7, 11) is 0. The number of nitrogens with two attached hydrogens (primary N) is 1. The van der Waals surface area contributed by atoms with Crippen molar-refractivity contribution in [1.82, 2.24) is 15.0 Å². The molecule has 3 aromatic heterocycles. The number of nitrogens with zero attached hydrogens (tertiary/aromatic N) is 5. The average molecular weight is 790 g/mol. The van der Waals surface area contributed by atoms with E-state index in [1.165, 1.54) is 6.21 Å². The lowest BCUT2D eigenvalue weighted by Crippen LogP contribution is -1.87. The second-order valence-electron chi connectivity index (χ2n) is 8.04. The standard InChI is InChI=1S/C10H7BrN2O.C10H5BrN2.C10H6BrNO.ClH.H3NO/c11-9-4-3-7(6-13-14)10-8(9)2-1-5-12-10;11-9-4-3-7(6-12)10-8(9)2-1-5-13-10;11-9-4-3-7(6-13)10-8(9)2-1-5-12-10;;1-2/h1-6,14H;1-5H;1-6H;1H;2H,1H2/b13-6+;;;;. The van der Waals surface area contributed by atoms with Crippen LogP contribution in [-0.2, 0) is 0 Å². The zero-order valence-corrected chi connectivity index (χ0v) is 27.5. The zero-order chi connectivity index (χ0) is 30.5. The molecule has 43 heavy (non-hydrogen) atoms. The lowest BCUT2D eigenvalue weighted by Gasteiger charge is -2.01. The first-order valence-electron chi connectivity index (χ1n) is 11.9. The third-order valence-electron chi connectivity index (χ3n) is 5.66. The number of aldehydes is 1. The van der Waals surface area contributed by atoms with E-state index in [1.54, 1.807) is 30.7 Å². The molecule has 218 valence electrons. The Morgan fingerprint density at radius 3 is 1.58 bits per heavy atom. The minimum Gasteiger partial charge on any atom is -0.411 e. The molecule has 0 saturated carbocycles. The summed E-state index contributed by atoms with van der Waals surface area (Å²) in [4.78, 5) is 23.2. The Hall–Kier alpha value is -3.83. The van der Waals surface area contributed by atoms with Crippen molar-refractivity contribution in [2.45, 2.75) is 0 Å². The predicted octanol–water partition coefficient (Wildman–Crippen LogP) is 8.24. The van der Waals surface area contributed by atoms with Crippen molar-refractivity contribution in [3.05, 3.63) is 121 Å². The van der Waals surface area contributed by atoms with Gasteiger partial charge in [-0.05, 0) is 54.6 Å². The van der Waals surface area contributed by atoms with Crippen LogP contribution in [0.1, 0.15) is 21.5 Å². The number of carbonyl (C=O) groups excluding carboxylic acids is 1. The van der Waals surface area contributed by atoms with Crippen LogP contribution < -0.4 is 5.90 Å². The second-order valence-corrected chi connectivity index (χ2v) is 10.6. The Balaban J connectivity index is 0.000000216.